The molecular formula is C18H16N2O5S2. The van der Waals surface area contributed by atoms with Crippen LogP contribution >= 0.6 is 11.3 Å². The van der Waals surface area contributed by atoms with Crippen molar-refractivity contribution >= 4 is 43.3 Å². The molecule has 27 heavy (non-hydrogen) atoms. The number of carboxylic acids is 1. The van der Waals surface area contributed by atoms with Gasteiger partial charge in [0, 0.05) is 6.26 Å². The van der Waals surface area contributed by atoms with Crippen LogP contribution in [0.15, 0.2) is 47.4 Å². The summed E-state index contributed by atoms with van der Waals surface area (Å²) in [5.41, 5.74) is 2.53. The van der Waals surface area contributed by atoms with Crippen molar-refractivity contribution in [2.45, 2.75) is 11.3 Å². The van der Waals surface area contributed by atoms with Crippen LogP contribution in [0.1, 0.15) is 5.01 Å². The second kappa shape index (κ2) is 7.45. The largest absolute Gasteiger partial charge is 0.480 e. The second-order valence-corrected chi connectivity index (χ2v) is 9.06. The molecule has 0 aliphatic carbocycles. The molecule has 0 saturated heterocycles. The smallest absolute Gasteiger partial charge is 0.322 e. The topological polar surface area (TPSA) is 113 Å². The lowest BCUT2D eigenvalue weighted by atomic mass is 10.1. The molecule has 1 heterocycles. The van der Waals surface area contributed by atoms with Crippen molar-refractivity contribution in [2.24, 2.45) is 0 Å². The van der Waals surface area contributed by atoms with Gasteiger partial charge in [0.25, 0.3) is 0 Å². The van der Waals surface area contributed by atoms with E-state index in [0.717, 1.165) is 21.3 Å². The first-order chi connectivity index (χ1) is 12.7. The van der Waals surface area contributed by atoms with Gasteiger partial charge < -0.3 is 10.4 Å². The molecule has 7 nitrogen and oxygen atoms in total. The average molecular weight is 404 g/mol. The predicted octanol–water partition coefficient (Wildman–Crippen LogP) is 2.11. The summed E-state index contributed by atoms with van der Waals surface area (Å²) in [6.07, 6.45) is 1.19. The fourth-order valence-corrected chi connectivity index (χ4v) is 4.13. The number of carboxylic acid groups (broad SMARTS) is 1. The maximum atomic E-state index is 11.7. The Morgan fingerprint density at radius 1 is 1.11 bits per heavy atom. The summed E-state index contributed by atoms with van der Waals surface area (Å²) in [6, 6.07) is 12.3. The van der Waals surface area contributed by atoms with Gasteiger partial charge in [0.15, 0.2) is 9.84 Å². The van der Waals surface area contributed by atoms with E-state index < -0.39 is 28.3 Å². The predicted molar refractivity (Wildman–Crippen MR) is 103 cm³/mol. The molecule has 3 rings (SSSR count). The molecule has 0 saturated carbocycles. The monoisotopic (exact) mass is 404 g/mol. The number of amides is 1. The summed E-state index contributed by atoms with van der Waals surface area (Å²) in [7, 11) is -3.24. The number of nitrogens with zero attached hydrogens (tertiary/aromatic N) is 1. The zero-order chi connectivity index (χ0) is 19.6. The highest BCUT2D eigenvalue weighted by Crippen LogP contribution is 2.29. The maximum Gasteiger partial charge on any atom is 0.322 e. The molecule has 0 fully saturated rings. The van der Waals surface area contributed by atoms with Gasteiger partial charge >= 0.3 is 5.97 Å². The van der Waals surface area contributed by atoms with Gasteiger partial charge in [-0.2, -0.15) is 0 Å². The van der Waals surface area contributed by atoms with Gasteiger partial charge in [-0.15, -0.1) is 11.3 Å². The van der Waals surface area contributed by atoms with Crippen molar-refractivity contribution in [3.63, 3.8) is 0 Å². The number of thiazole rings is 1. The van der Waals surface area contributed by atoms with E-state index in [9.17, 15) is 18.0 Å². The molecule has 2 aromatic carbocycles. The minimum Gasteiger partial charge on any atom is -0.480 e. The molecule has 140 valence electrons. The summed E-state index contributed by atoms with van der Waals surface area (Å²) >= 11 is 1.36. The van der Waals surface area contributed by atoms with E-state index in [0.29, 0.717) is 5.01 Å². The van der Waals surface area contributed by atoms with Crippen molar-refractivity contribution < 1.29 is 23.1 Å². The standard InChI is InChI=1S/C18H16N2O5S2/c1-27(24,25)13-5-2-11(3-6-13)12-4-7-14-15(8-12)26-17(20-14)9-16(21)19-10-18(22)23/h2-8H,9-10H2,1H3,(H,19,21)(H,22,23). The van der Waals surface area contributed by atoms with Crippen LogP contribution in [0.5, 0.6) is 0 Å². The number of sulfone groups is 1. The number of aliphatic carboxylic acids is 1. The second-order valence-electron chi connectivity index (χ2n) is 5.93. The van der Waals surface area contributed by atoms with E-state index in [2.05, 4.69) is 10.3 Å². The van der Waals surface area contributed by atoms with Gasteiger partial charge in [-0.3, -0.25) is 9.59 Å². The fourth-order valence-electron chi connectivity index (χ4n) is 2.50. The molecule has 1 aromatic heterocycles. The highest BCUT2D eigenvalue weighted by molar-refractivity contribution is 7.90. The number of rotatable bonds is 6. The van der Waals surface area contributed by atoms with Crippen LogP contribution in [0.25, 0.3) is 21.3 Å². The van der Waals surface area contributed by atoms with Gasteiger partial charge in [-0.05, 0) is 35.4 Å². The Balaban J connectivity index is 1.81. The molecule has 3 aromatic rings. The molecule has 2 N–H and O–H groups in total. The van der Waals surface area contributed by atoms with Crippen molar-refractivity contribution in [3.05, 3.63) is 47.5 Å². The number of nitrogens with one attached hydrogen (secondary N) is 1. The van der Waals surface area contributed by atoms with Crippen LogP contribution < -0.4 is 5.32 Å². The third-order valence-corrected chi connectivity index (χ3v) is 5.94. The molecule has 0 spiro atoms. The summed E-state index contributed by atoms with van der Waals surface area (Å²) in [5.74, 6) is -1.49. The third-order valence-electron chi connectivity index (χ3n) is 3.80. The number of benzene rings is 2. The number of carbonyl (C=O) groups is 2. The van der Waals surface area contributed by atoms with Gasteiger partial charge in [-0.1, -0.05) is 18.2 Å². The van der Waals surface area contributed by atoms with Gasteiger partial charge in [-0.25, -0.2) is 13.4 Å². The molecule has 0 radical (unpaired) electrons. The lowest BCUT2D eigenvalue weighted by Crippen LogP contribution is -2.30. The molecule has 0 aliphatic rings. The summed E-state index contributed by atoms with van der Waals surface area (Å²) in [4.78, 5) is 26.9. The highest BCUT2D eigenvalue weighted by Gasteiger charge is 2.11. The van der Waals surface area contributed by atoms with E-state index in [1.807, 2.05) is 18.2 Å². The minimum absolute atomic E-state index is 0.0189. The zero-order valence-corrected chi connectivity index (χ0v) is 15.9. The van der Waals surface area contributed by atoms with E-state index in [4.69, 9.17) is 5.11 Å². The molecule has 0 atom stereocenters. The van der Waals surface area contributed by atoms with Gasteiger partial charge in [0.1, 0.15) is 11.6 Å². The lowest BCUT2D eigenvalue weighted by molar-refractivity contribution is -0.137. The van der Waals surface area contributed by atoms with Crippen LogP contribution in [-0.2, 0) is 25.8 Å². The van der Waals surface area contributed by atoms with Crippen molar-refractivity contribution in [3.8, 4) is 11.1 Å². The molecule has 0 aliphatic heterocycles. The Morgan fingerprint density at radius 3 is 2.41 bits per heavy atom. The normalized spacial score (nSPS) is 11.4. The molecular weight excluding hydrogens is 388 g/mol. The number of aromatic nitrogens is 1. The first-order valence-electron chi connectivity index (χ1n) is 7.91. The summed E-state index contributed by atoms with van der Waals surface area (Å²) in [6.45, 7) is -0.419. The average Bonchev–Trinajstić information content (AvgIpc) is 3.00. The Hall–Kier alpha value is -2.78. The number of fused-ring (bicyclic) bond motifs is 1. The number of carbonyl (C=O) groups excluding carboxylic acids is 1. The van der Waals surface area contributed by atoms with E-state index in [1.54, 1.807) is 24.3 Å². The van der Waals surface area contributed by atoms with E-state index in [-0.39, 0.29) is 11.3 Å². The molecule has 1 amide bonds. The van der Waals surface area contributed by atoms with Crippen LogP contribution in [0.3, 0.4) is 0 Å². The Bertz CT molecular complexity index is 1120. The van der Waals surface area contributed by atoms with E-state index >= 15 is 0 Å². The molecule has 0 unspecified atom stereocenters. The zero-order valence-electron chi connectivity index (χ0n) is 14.3. The number of hydrogen-bond donors (Lipinski definition) is 2. The van der Waals surface area contributed by atoms with Crippen molar-refractivity contribution in [1.82, 2.24) is 10.3 Å². The van der Waals surface area contributed by atoms with Crippen LogP contribution in [0, 0.1) is 0 Å². The highest BCUT2D eigenvalue weighted by atomic mass is 32.2. The van der Waals surface area contributed by atoms with Crippen LogP contribution in [0.4, 0.5) is 0 Å². The minimum atomic E-state index is -3.24. The fraction of sp³-hybridized carbons (Fsp3) is 0.167. The van der Waals surface area contributed by atoms with E-state index in [1.165, 1.54) is 17.6 Å². The Labute approximate surface area is 159 Å². The van der Waals surface area contributed by atoms with Gasteiger partial charge in [0.05, 0.1) is 21.5 Å². The molecule has 0 bridgehead atoms. The first kappa shape index (κ1) is 19.0. The first-order valence-corrected chi connectivity index (χ1v) is 10.6. The molecule has 9 heteroatoms. The van der Waals surface area contributed by atoms with Crippen LogP contribution in [0.2, 0.25) is 0 Å². The third kappa shape index (κ3) is 4.69. The van der Waals surface area contributed by atoms with Gasteiger partial charge in [0.2, 0.25) is 5.91 Å². The quantitative estimate of drug-likeness (QED) is 0.650. The van der Waals surface area contributed by atoms with Crippen LogP contribution in [-0.4, -0.2) is 43.2 Å². The lowest BCUT2D eigenvalue weighted by Gasteiger charge is -2.03. The number of hydrogen-bond acceptors (Lipinski definition) is 6. The van der Waals surface area contributed by atoms with Crippen molar-refractivity contribution in [1.29, 1.82) is 0 Å². The summed E-state index contributed by atoms with van der Waals surface area (Å²) in [5, 5.41) is 11.5. The van der Waals surface area contributed by atoms with Crippen molar-refractivity contribution in [2.75, 3.05) is 12.8 Å². The maximum absolute atomic E-state index is 11.7. The summed E-state index contributed by atoms with van der Waals surface area (Å²) < 4.78 is 24.0. The Kier molecular flexibility index (Phi) is 5.24. The SMILES string of the molecule is CS(=O)(=O)c1ccc(-c2ccc3nc(CC(=O)NCC(=O)O)sc3c2)cc1. The Morgan fingerprint density at radius 2 is 1.78 bits per heavy atom.